The first-order valence-corrected chi connectivity index (χ1v) is 10.0. The largest absolute Gasteiger partial charge is 0.463 e. The SMILES string of the molecule is CCOC(=O)/C=C/c1ccc(NC(=O)CCCc2nc3ccccc3s2)cc1. The Hall–Kier alpha value is -2.99. The van der Waals surface area contributed by atoms with Gasteiger partial charge >= 0.3 is 5.97 Å². The highest BCUT2D eigenvalue weighted by atomic mass is 32.1. The normalized spacial score (nSPS) is 11.0. The molecule has 0 aliphatic carbocycles. The van der Waals surface area contributed by atoms with E-state index < -0.39 is 0 Å². The zero-order valence-electron chi connectivity index (χ0n) is 15.7. The summed E-state index contributed by atoms with van der Waals surface area (Å²) in [5.74, 6) is -0.385. The van der Waals surface area contributed by atoms with Crippen LogP contribution in [0.15, 0.2) is 54.6 Å². The summed E-state index contributed by atoms with van der Waals surface area (Å²) >= 11 is 1.68. The minimum Gasteiger partial charge on any atom is -0.463 e. The van der Waals surface area contributed by atoms with Gasteiger partial charge in [-0.25, -0.2) is 9.78 Å². The number of ether oxygens (including phenoxy) is 1. The molecule has 1 heterocycles. The van der Waals surface area contributed by atoms with Crippen LogP contribution in [0.5, 0.6) is 0 Å². The van der Waals surface area contributed by atoms with Crippen LogP contribution < -0.4 is 5.32 Å². The van der Waals surface area contributed by atoms with E-state index in [4.69, 9.17) is 4.74 Å². The average Bonchev–Trinajstić information content (AvgIpc) is 3.10. The van der Waals surface area contributed by atoms with Crippen LogP contribution in [0.3, 0.4) is 0 Å². The minimum absolute atomic E-state index is 0.0177. The first-order valence-electron chi connectivity index (χ1n) is 9.23. The first-order chi connectivity index (χ1) is 13.6. The summed E-state index contributed by atoms with van der Waals surface area (Å²) in [6.07, 6.45) is 5.07. The molecule has 0 saturated carbocycles. The Morgan fingerprint density at radius 3 is 2.68 bits per heavy atom. The van der Waals surface area contributed by atoms with E-state index in [-0.39, 0.29) is 11.9 Å². The second kappa shape index (κ2) is 9.80. The number of anilines is 1. The van der Waals surface area contributed by atoms with Crippen LogP contribution in [-0.4, -0.2) is 23.5 Å². The number of carbonyl (C=O) groups is 2. The van der Waals surface area contributed by atoms with Gasteiger partial charge in [-0.15, -0.1) is 11.3 Å². The van der Waals surface area contributed by atoms with Crippen LogP contribution in [0.4, 0.5) is 5.69 Å². The van der Waals surface area contributed by atoms with E-state index >= 15 is 0 Å². The quantitative estimate of drug-likeness (QED) is 0.439. The zero-order valence-corrected chi connectivity index (χ0v) is 16.5. The molecular formula is C22H22N2O3S. The van der Waals surface area contributed by atoms with Crippen molar-refractivity contribution in [2.45, 2.75) is 26.2 Å². The number of para-hydroxylation sites is 1. The number of nitrogens with zero attached hydrogens (tertiary/aromatic N) is 1. The number of hydrogen-bond acceptors (Lipinski definition) is 5. The molecule has 0 unspecified atom stereocenters. The van der Waals surface area contributed by atoms with E-state index in [9.17, 15) is 9.59 Å². The Morgan fingerprint density at radius 1 is 1.14 bits per heavy atom. The third-order valence-electron chi connectivity index (χ3n) is 4.03. The molecule has 0 fully saturated rings. The third-order valence-corrected chi connectivity index (χ3v) is 5.12. The van der Waals surface area contributed by atoms with Crippen molar-refractivity contribution in [1.82, 2.24) is 4.98 Å². The third kappa shape index (κ3) is 5.76. The summed E-state index contributed by atoms with van der Waals surface area (Å²) in [7, 11) is 0. The number of thiazole rings is 1. The van der Waals surface area contributed by atoms with Gasteiger partial charge in [-0.2, -0.15) is 0 Å². The number of carbonyl (C=O) groups excluding carboxylic acids is 2. The molecule has 0 saturated heterocycles. The summed E-state index contributed by atoms with van der Waals surface area (Å²) in [6, 6.07) is 15.4. The number of esters is 1. The molecule has 0 spiro atoms. The Kier molecular flexibility index (Phi) is 6.92. The van der Waals surface area contributed by atoms with Gasteiger partial charge in [0.05, 0.1) is 21.8 Å². The van der Waals surface area contributed by atoms with Gasteiger partial charge < -0.3 is 10.1 Å². The van der Waals surface area contributed by atoms with Gasteiger partial charge in [-0.3, -0.25) is 4.79 Å². The Labute approximate surface area is 168 Å². The Bertz CT molecular complexity index is 944. The number of aryl methyl sites for hydroxylation is 1. The number of rotatable bonds is 8. The number of aromatic nitrogens is 1. The van der Waals surface area contributed by atoms with E-state index in [1.165, 1.54) is 10.8 Å². The van der Waals surface area contributed by atoms with Crippen LogP contribution in [0.25, 0.3) is 16.3 Å². The molecule has 1 aromatic heterocycles. The van der Waals surface area contributed by atoms with Crippen LogP contribution in [0.1, 0.15) is 30.3 Å². The van der Waals surface area contributed by atoms with Crippen molar-refractivity contribution in [2.75, 3.05) is 11.9 Å². The molecule has 1 N–H and O–H groups in total. The van der Waals surface area contributed by atoms with Crippen LogP contribution in [0.2, 0.25) is 0 Å². The average molecular weight is 394 g/mol. The van der Waals surface area contributed by atoms with Gasteiger partial charge in [0.25, 0.3) is 0 Å². The lowest BCUT2D eigenvalue weighted by Gasteiger charge is -2.05. The maximum Gasteiger partial charge on any atom is 0.330 e. The molecule has 0 radical (unpaired) electrons. The van der Waals surface area contributed by atoms with Crippen molar-refractivity contribution >= 4 is 45.2 Å². The molecule has 5 nitrogen and oxygen atoms in total. The number of benzene rings is 2. The molecule has 6 heteroatoms. The van der Waals surface area contributed by atoms with Gasteiger partial charge in [0.2, 0.25) is 5.91 Å². The highest BCUT2D eigenvalue weighted by molar-refractivity contribution is 7.18. The maximum atomic E-state index is 12.1. The maximum absolute atomic E-state index is 12.1. The van der Waals surface area contributed by atoms with Crippen molar-refractivity contribution in [3.8, 4) is 0 Å². The summed E-state index contributed by atoms with van der Waals surface area (Å²) in [4.78, 5) is 28.0. The molecule has 2 aromatic carbocycles. The molecule has 1 amide bonds. The fourth-order valence-corrected chi connectivity index (χ4v) is 3.69. The van der Waals surface area contributed by atoms with Crippen LogP contribution in [0, 0.1) is 0 Å². The topological polar surface area (TPSA) is 68.3 Å². The molecule has 0 atom stereocenters. The van der Waals surface area contributed by atoms with Crippen molar-refractivity contribution in [3.63, 3.8) is 0 Å². The van der Waals surface area contributed by atoms with Crippen molar-refractivity contribution in [3.05, 3.63) is 65.2 Å². The van der Waals surface area contributed by atoms with Crippen molar-refractivity contribution in [1.29, 1.82) is 0 Å². The fourth-order valence-electron chi connectivity index (χ4n) is 2.68. The van der Waals surface area contributed by atoms with Gasteiger partial charge in [0.15, 0.2) is 0 Å². The highest BCUT2D eigenvalue weighted by Gasteiger charge is 2.06. The number of fused-ring (bicyclic) bond motifs is 1. The van der Waals surface area contributed by atoms with Gasteiger partial charge in [-0.1, -0.05) is 24.3 Å². The van der Waals surface area contributed by atoms with E-state index in [1.807, 2.05) is 42.5 Å². The first kappa shape index (κ1) is 19.8. The van der Waals surface area contributed by atoms with Crippen molar-refractivity contribution in [2.24, 2.45) is 0 Å². The number of nitrogens with one attached hydrogen (secondary N) is 1. The van der Waals surface area contributed by atoms with Crippen LogP contribution in [-0.2, 0) is 20.7 Å². The standard InChI is InChI=1S/C22H22N2O3S/c1-2-27-22(26)15-12-16-10-13-17(14-11-16)23-20(25)8-5-9-21-24-18-6-3-4-7-19(18)28-21/h3-4,6-7,10-15H,2,5,8-9H2,1H3,(H,23,25)/b15-12+. The number of amides is 1. The lowest BCUT2D eigenvalue weighted by Crippen LogP contribution is -2.11. The number of hydrogen-bond donors (Lipinski definition) is 1. The molecule has 0 aliphatic rings. The molecular weight excluding hydrogens is 372 g/mol. The van der Waals surface area contributed by atoms with Crippen molar-refractivity contribution < 1.29 is 14.3 Å². The molecule has 3 rings (SSSR count). The van der Waals surface area contributed by atoms with E-state index in [0.29, 0.717) is 13.0 Å². The lowest BCUT2D eigenvalue weighted by molar-refractivity contribution is -0.137. The lowest BCUT2D eigenvalue weighted by atomic mass is 10.2. The summed E-state index contributed by atoms with van der Waals surface area (Å²) < 4.78 is 6.02. The minimum atomic E-state index is -0.368. The van der Waals surface area contributed by atoms with Crippen LogP contribution >= 0.6 is 11.3 Å². The van der Waals surface area contributed by atoms with Gasteiger partial charge in [0, 0.05) is 18.2 Å². The van der Waals surface area contributed by atoms with E-state index in [2.05, 4.69) is 16.4 Å². The summed E-state index contributed by atoms with van der Waals surface area (Å²) in [5, 5.41) is 3.96. The predicted octanol–water partition coefficient (Wildman–Crippen LogP) is 4.83. The zero-order chi connectivity index (χ0) is 19.8. The smallest absolute Gasteiger partial charge is 0.330 e. The second-order valence-electron chi connectivity index (χ2n) is 6.18. The molecule has 28 heavy (non-hydrogen) atoms. The highest BCUT2D eigenvalue weighted by Crippen LogP contribution is 2.22. The van der Waals surface area contributed by atoms with E-state index in [0.717, 1.165) is 34.6 Å². The molecule has 3 aromatic rings. The van der Waals surface area contributed by atoms with Gasteiger partial charge in [-0.05, 0) is 55.7 Å². The van der Waals surface area contributed by atoms with E-state index in [1.54, 1.807) is 24.3 Å². The summed E-state index contributed by atoms with van der Waals surface area (Å²) in [5.41, 5.74) is 2.62. The monoisotopic (exact) mass is 394 g/mol. The Balaban J connectivity index is 1.44. The predicted molar refractivity (Wildman–Crippen MR) is 113 cm³/mol. The van der Waals surface area contributed by atoms with Gasteiger partial charge in [0.1, 0.15) is 0 Å². The summed E-state index contributed by atoms with van der Waals surface area (Å²) in [6.45, 7) is 2.12. The fraction of sp³-hybridized carbons (Fsp3) is 0.227. The second-order valence-corrected chi connectivity index (χ2v) is 7.30. The molecule has 144 valence electrons. The molecule has 0 bridgehead atoms. The Morgan fingerprint density at radius 2 is 1.93 bits per heavy atom. The molecule has 0 aliphatic heterocycles.